The molecule has 0 amide bonds. The molecule has 0 N–H and O–H groups in total. The fourth-order valence-electron chi connectivity index (χ4n) is 4.34. The molecule has 3 aromatic rings. The van der Waals surface area contributed by atoms with Gasteiger partial charge in [-0.1, -0.05) is 30.1 Å². The van der Waals surface area contributed by atoms with E-state index in [4.69, 9.17) is 32.4 Å². The zero-order valence-electron chi connectivity index (χ0n) is 22.5. The molecule has 15 heteroatoms. The van der Waals surface area contributed by atoms with E-state index >= 15 is 0 Å². The maximum atomic E-state index is 11.2. The molecule has 0 saturated heterocycles. The molecule has 2 aromatic carbocycles. The smallest absolute Gasteiger partial charge is 0.748 e. The fourth-order valence-corrected chi connectivity index (χ4v) is 5.71. The Morgan fingerprint density at radius 2 is 1.63 bits per heavy atom. The topological polar surface area (TPSA) is 144 Å². The molecule has 4 rings (SSSR count). The number of oxazole rings is 1. The number of hydrogen-bond acceptors (Lipinski definition) is 9. The SMILES string of the molecule is CCC(=Cc1oc2ccc(Cl)cc2[n+]1CCCS(=O)(=O)[O-])C=C1Oc2ccc(Cl)cc2N1CCCCS(=O)(=O)[O-].[Na+]. The van der Waals surface area contributed by atoms with Crippen molar-refractivity contribution in [1.82, 2.24) is 0 Å². The summed E-state index contributed by atoms with van der Waals surface area (Å²) in [4.78, 5) is 1.87. The number of aryl methyl sites for hydroxylation is 1. The number of allylic oxidation sites excluding steroid dienone is 2. The number of benzene rings is 2. The Hall–Kier alpha value is -1.61. The minimum atomic E-state index is -4.38. The summed E-state index contributed by atoms with van der Waals surface area (Å²) in [5, 5.41) is 0.979. The number of nitrogens with zero attached hydrogens (tertiary/aromatic N) is 2. The van der Waals surface area contributed by atoms with Crippen LogP contribution in [0.5, 0.6) is 5.75 Å². The Bertz CT molecular complexity index is 1690. The first-order valence-corrected chi connectivity index (χ1v) is 16.4. The van der Waals surface area contributed by atoms with Crippen molar-refractivity contribution < 1.29 is 69.2 Å². The summed E-state index contributed by atoms with van der Waals surface area (Å²) in [6.07, 6.45) is 4.90. The molecule has 0 saturated carbocycles. The number of aromatic nitrogens is 1. The van der Waals surface area contributed by atoms with Crippen LogP contribution in [-0.2, 0) is 26.8 Å². The van der Waals surface area contributed by atoms with Crippen LogP contribution in [0.1, 0.15) is 38.5 Å². The van der Waals surface area contributed by atoms with E-state index in [1.54, 1.807) is 47.0 Å². The van der Waals surface area contributed by atoms with Gasteiger partial charge in [0.2, 0.25) is 11.5 Å². The molecule has 0 aliphatic carbocycles. The normalized spacial score (nSPS) is 14.8. The first-order valence-electron chi connectivity index (χ1n) is 12.5. The Morgan fingerprint density at radius 3 is 2.32 bits per heavy atom. The molecular formula is C26H27Cl2N2NaO8S2. The largest absolute Gasteiger partial charge is 1.00 e. The molecular weight excluding hydrogens is 626 g/mol. The second-order valence-electron chi connectivity index (χ2n) is 9.21. The van der Waals surface area contributed by atoms with E-state index in [1.807, 2.05) is 17.9 Å². The molecule has 10 nitrogen and oxygen atoms in total. The van der Waals surface area contributed by atoms with Crippen LogP contribution in [-0.4, -0.2) is 44.0 Å². The minimum absolute atomic E-state index is 0. The second-order valence-corrected chi connectivity index (χ2v) is 13.1. The van der Waals surface area contributed by atoms with Crippen molar-refractivity contribution in [3.63, 3.8) is 0 Å². The predicted octanol–water partition coefficient (Wildman–Crippen LogP) is 1.83. The summed E-state index contributed by atoms with van der Waals surface area (Å²) >= 11 is 12.4. The Labute approximate surface area is 271 Å². The monoisotopic (exact) mass is 652 g/mol. The molecule has 1 aromatic heterocycles. The van der Waals surface area contributed by atoms with E-state index in [9.17, 15) is 25.9 Å². The third-order valence-electron chi connectivity index (χ3n) is 6.21. The first-order chi connectivity index (χ1) is 18.8. The van der Waals surface area contributed by atoms with Gasteiger partial charge in [0.1, 0.15) is 0 Å². The number of ether oxygens (including phenoxy) is 1. The van der Waals surface area contributed by atoms with Gasteiger partial charge in [0, 0.05) is 46.7 Å². The predicted molar refractivity (Wildman–Crippen MR) is 150 cm³/mol. The van der Waals surface area contributed by atoms with Gasteiger partial charge in [-0.3, -0.25) is 0 Å². The van der Waals surface area contributed by atoms with Crippen molar-refractivity contribution in [2.24, 2.45) is 0 Å². The van der Waals surface area contributed by atoms with Crippen LogP contribution in [0.3, 0.4) is 0 Å². The molecule has 1 aliphatic heterocycles. The molecule has 0 fully saturated rings. The van der Waals surface area contributed by atoms with Gasteiger partial charge in [-0.2, -0.15) is 4.57 Å². The quantitative estimate of drug-likeness (QED) is 0.124. The van der Waals surface area contributed by atoms with E-state index < -0.39 is 31.7 Å². The van der Waals surface area contributed by atoms with Gasteiger partial charge in [0.05, 0.1) is 32.0 Å². The van der Waals surface area contributed by atoms with Gasteiger partial charge in [-0.05, 0) is 55.2 Å². The number of rotatable bonds is 12. The number of halogens is 2. The first kappa shape index (κ1) is 33.9. The van der Waals surface area contributed by atoms with Gasteiger partial charge in [-0.15, -0.1) is 0 Å². The van der Waals surface area contributed by atoms with Gasteiger partial charge < -0.3 is 23.2 Å². The Morgan fingerprint density at radius 1 is 0.976 bits per heavy atom. The van der Waals surface area contributed by atoms with Gasteiger partial charge in [-0.25, -0.2) is 16.8 Å². The molecule has 216 valence electrons. The van der Waals surface area contributed by atoms with Crippen LogP contribution in [0.2, 0.25) is 10.0 Å². The van der Waals surface area contributed by atoms with E-state index in [2.05, 4.69) is 0 Å². The Balaban J connectivity index is 0.00000462. The van der Waals surface area contributed by atoms with Crippen LogP contribution in [0.25, 0.3) is 17.2 Å². The minimum Gasteiger partial charge on any atom is -0.748 e. The molecule has 0 unspecified atom stereocenters. The molecule has 0 spiro atoms. The van der Waals surface area contributed by atoms with Gasteiger partial charge >= 0.3 is 35.4 Å². The van der Waals surface area contributed by atoms with Gasteiger partial charge in [0.25, 0.3) is 5.52 Å². The van der Waals surface area contributed by atoms with Crippen LogP contribution in [0.15, 0.2) is 58.3 Å². The number of fused-ring (bicyclic) bond motifs is 2. The average molecular weight is 654 g/mol. The Kier molecular flexibility index (Phi) is 11.8. The van der Waals surface area contributed by atoms with Crippen molar-refractivity contribution >= 4 is 66.3 Å². The van der Waals surface area contributed by atoms with Crippen LogP contribution in [0.4, 0.5) is 5.69 Å². The molecule has 0 atom stereocenters. The van der Waals surface area contributed by atoms with Crippen molar-refractivity contribution in [1.29, 1.82) is 0 Å². The average Bonchev–Trinajstić information content (AvgIpc) is 3.36. The fraction of sp³-hybridized carbons (Fsp3) is 0.346. The summed E-state index contributed by atoms with van der Waals surface area (Å²) in [6.45, 7) is 2.54. The third-order valence-corrected chi connectivity index (χ3v) is 8.26. The molecule has 1 aliphatic rings. The molecule has 41 heavy (non-hydrogen) atoms. The zero-order chi connectivity index (χ0) is 29.1. The van der Waals surface area contributed by atoms with Crippen molar-refractivity contribution in [2.45, 2.75) is 39.2 Å². The number of anilines is 1. The van der Waals surface area contributed by atoms with Crippen LogP contribution < -0.4 is 43.8 Å². The summed E-state index contributed by atoms with van der Waals surface area (Å²) < 4.78 is 80.5. The second kappa shape index (κ2) is 14.2. The van der Waals surface area contributed by atoms with Crippen molar-refractivity contribution in [3.05, 3.63) is 69.9 Å². The standard InChI is InChI=1S/C26H28Cl2N2O8S2.Na/c1-2-18(15-26-30(11-5-13-40(34,35)36)22-17-20(28)7-9-24(22)38-26)14-25-29(10-3-4-12-39(31,32)33)21-16-19(27)6-8-23(21)37-25;/h6-9,14-17H,2-5,10-13H2,1H3,(H-,31,32,33,34,35,36);/q;+1/p-1. The van der Waals surface area contributed by atoms with E-state index in [-0.39, 0.29) is 48.9 Å². The molecule has 0 radical (unpaired) electrons. The summed E-state index contributed by atoms with van der Waals surface area (Å²) in [5.74, 6) is 0.527. The van der Waals surface area contributed by atoms with E-state index in [1.165, 1.54) is 0 Å². The summed E-state index contributed by atoms with van der Waals surface area (Å²) in [6, 6.07) is 10.3. The van der Waals surface area contributed by atoms with Crippen molar-refractivity contribution in [2.75, 3.05) is 23.0 Å². The van der Waals surface area contributed by atoms with Crippen LogP contribution in [0, 0.1) is 0 Å². The third kappa shape index (κ3) is 9.44. The number of unbranched alkanes of at least 4 members (excludes halogenated alkanes) is 1. The molecule has 0 bridgehead atoms. The maximum Gasteiger partial charge on any atom is 1.00 e. The van der Waals surface area contributed by atoms with E-state index in [0.29, 0.717) is 63.7 Å². The van der Waals surface area contributed by atoms with Gasteiger partial charge in [0.15, 0.2) is 12.3 Å². The van der Waals surface area contributed by atoms with Crippen LogP contribution >= 0.6 is 23.2 Å². The molecule has 2 heterocycles. The maximum absolute atomic E-state index is 11.2. The summed E-state index contributed by atoms with van der Waals surface area (Å²) in [7, 11) is -8.68. The number of hydrogen-bond donors (Lipinski definition) is 0. The van der Waals surface area contributed by atoms with Crippen molar-refractivity contribution in [3.8, 4) is 5.75 Å². The summed E-state index contributed by atoms with van der Waals surface area (Å²) in [5.41, 5.74) is 2.71. The zero-order valence-corrected chi connectivity index (χ0v) is 27.7. The van der Waals surface area contributed by atoms with E-state index in [0.717, 1.165) is 5.57 Å².